The van der Waals surface area contributed by atoms with Crippen LogP contribution in [0.1, 0.15) is 51.9 Å². The third-order valence-electron chi connectivity index (χ3n) is 11.7. The second kappa shape index (κ2) is 13.8. The number of hydrogen-bond acceptors (Lipinski definition) is 12. The van der Waals surface area contributed by atoms with E-state index in [0.29, 0.717) is 57.2 Å². The van der Waals surface area contributed by atoms with Crippen molar-refractivity contribution in [2.45, 2.75) is 75.2 Å². The summed E-state index contributed by atoms with van der Waals surface area (Å²) in [7, 11) is 8.44. The number of likely N-dealkylation sites (tertiary alicyclic amines) is 1. The molecular formula is C38H44BF2N5O7. The molecule has 5 unspecified atom stereocenters. The van der Waals surface area contributed by atoms with Crippen LogP contribution in [0.3, 0.4) is 0 Å². The third kappa shape index (κ3) is 6.14. The molecule has 8 rings (SSSR count). The van der Waals surface area contributed by atoms with Crippen LogP contribution in [-0.2, 0) is 9.47 Å². The number of aliphatic hydroxyl groups excluding tert-OH is 1. The molecule has 5 atom stereocenters. The Morgan fingerprint density at radius 2 is 1.87 bits per heavy atom. The van der Waals surface area contributed by atoms with Gasteiger partial charge < -0.3 is 39.2 Å². The zero-order valence-electron chi connectivity index (χ0n) is 30.0. The Hall–Kier alpha value is -3.89. The SMILES string of the molecule is [B]C1(N2CCCC3(COc4nc(N5CCOCC(O)C5)c5c(OC)nc(-c6cc(O)cc7cccc(F)c67)c(F)c5n4)CCCC23O)CCOC(C)C1. The number of halogens is 2. The fourth-order valence-corrected chi connectivity index (χ4v) is 9.30. The summed E-state index contributed by atoms with van der Waals surface area (Å²) >= 11 is 0. The van der Waals surface area contributed by atoms with E-state index in [2.05, 4.69) is 14.9 Å². The minimum Gasteiger partial charge on any atom is -0.508 e. The summed E-state index contributed by atoms with van der Waals surface area (Å²) in [4.78, 5) is 17.7. The number of fused-ring (bicyclic) bond motifs is 3. The van der Waals surface area contributed by atoms with E-state index in [1.54, 1.807) is 11.0 Å². The molecule has 0 spiro atoms. The minimum atomic E-state index is -1.25. The Labute approximate surface area is 307 Å². The van der Waals surface area contributed by atoms with Gasteiger partial charge in [0.05, 0.1) is 40.4 Å². The summed E-state index contributed by atoms with van der Waals surface area (Å²) in [6.45, 7) is 3.97. The van der Waals surface area contributed by atoms with E-state index >= 15 is 8.78 Å². The second-order valence-corrected chi connectivity index (χ2v) is 15.1. The first-order valence-electron chi connectivity index (χ1n) is 18.4. The van der Waals surface area contributed by atoms with E-state index in [9.17, 15) is 15.3 Å². The molecule has 15 heteroatoms. The lowest BCUT2D eigenvalue weighted by Crippen LogP contribution is -2.71. The Balaban J connectivity index is 1.25. The first-order chi connectivity index (χ1) is 25.4. The van der Waals surface area contributed by atoms with Gasteiger partial charge in [-0.1, -0.05) is 12.1 Å². The summed E-state index contributed by atoms with van der Waals surface area (Å²) < 4.78 is 56.1. The van der Waals surface area contributed by atoms with E-state index in [1.807, 2.05) is 6.92 Å². The van der Waals surface area contributed by atoms with Crippen LogP contribution < -0.4 is 14.4 Å². The summed E-state index contributed by atoms with van der Waals surface area (Å²) in [5.41, 5.74) is -3.20. The zero-order valence-corrected chi connectivity index (χ0v) is 30.0. The molecule has 2 radical (unpaired) electrons. The molecule has 4 fully saturated rings. The van der Waals surface area contributed by atoms with E-state index in [1.165, 1.54) is 31.4 Å². The highest BCUT2D eigenvalue weighted by Crippen LogP contribution is 2.56. The molecule has 2 aromatic carbocycles. The predicted molar refractivity (Wildman–Crippen MR) is 193 cm³/mol. The average Bonchev–Trinajstić information content (AvgIpc) is 3.33. The van der Waals surface area contributed by atoms with Gasteiger partial charge in [-0.2, -0.15) is 9.97 Å². The number of ether oxygens (including phenoxy) is 4. The quantitative estimate of drug-likeness (QED) is 0.232. The lowest BCUT2D eigenvalue weighted by atomic mass is 9.63. The van der Waals surface area contributed by atoms with Crippen molar-refractivity contribution < 1.29 is 43.0 Å². The van der Waals surface area contributed by atoms with Gasteiger partial charge in [-0.05, 0) is 80.9 Å². The van der Waals surface area contributed by atoms with Crippen molar-refractivity contribution >= 4 is 35.3 Å². The van der Waals surface area contributed by atoms with Gasteiger partial charge in [0, 0.05) is 42.6 Å². The number of aromatic hydroxyl groups is 1. The van der Waals surface area contributed by atoms with Crippen LogP contribution in [0.4, 0.5) is 14.6 Å². The number of nitrogens with zero attached hydrogens (tertiary/aromatic N) is 5. The average molecular weight is 732 g/mol. The van der Waals surface area contributed by atoms with Crippen LogP contribution in [0, 0.1) is 17.0 Å². The van der Waals surface area contributed by atoms with E-state index in [-0.39, 0.29) is 83.5 Å². The summed E-state index contributed by atoms with van der Waals surface area (Å²) in [5, 5.41) is 34.4. The number of phenolic OH excluding ortho intramolecular Hbond substituents is 1. The number of pyridine rings is 1. The number of piperidine rings is 1. The van der Waals surface area contributed by atoms with Crippen LogP contribution in [0.2, 0.25) is 0 Å². The maximum atomic E-state index is 17.1. The fraction of sp³-hybridized carbons (Fsp3) is 0.553. The van der Waals surface area contributed by atoms with Crippen LogP contribution in [0.5, 0.6) is 17.6 Å². The fourth-order valence-electron chi connectivity index (χ4n) is 9.30. The highest BCUT2D eigenvalue weighted by molar-refractivity contribution is 6.15. The molecule has 3 N–H and O–H groups in total. The highest BCUT2D eigenvalue weighted by Gasteiger charge is 2.62. The molecule has 5 heterocycles. The maximum absolute atomic E-state index is 17.1. The van der Waals surface area contributed by atoms with Gasteiger partial charge in [-0.3, -0.25) is 4.90 Å². The summed E-state index contributed by atoms with van der Waals surface area (Å²) in [6.07, 6.45) is 3.73. The van der Waals surface area contributed by atoms with E-state index in [4.69, 9.17) is 31.8 Å². The molecule has 2 aromatic heterocycles. The molecule has 0 amide bonds. The van der Waals surface area contributed by atoms with Gasteiger partial charge in [0.1, 0.15) is 46.3 Å². The van der Waals surface area contributed by atoms with Crippen molar-refractivity contribution in [2.75, 3.05) is 58.1 Å². The van der Waals surface area contributed by atoms with Gasteiger partial charge in [0.2, 0.25) is 5.88 Å². The normalized spacial score (nSPS) is 29.7. The highest BCUT2D eigenvalue weighted by atomic mass is 19.1. The molecule has 0 bridgehead atoms. The van der Waals surface area contributed by atoms with Gasteiger partial charge >= 0.3 is 6.01 Å². The van der Waals surface area contributed by atoms with Gasteiger partial charge in [-0.15, -0.1) is 0 Å². The van der Waals surface area contributed by atoms with Crippen molar-refractivity contribution in [1.82, 2.24) is 19.9 Å². The number of methoxy groups -OCH3 is 1. The Bertz CT molecular complexity index is 2050. The molecule has 1 aliphatic carbocycles. The monoisotopic (exact) mass is 731 g/mol. The number of β-amino-alcohol motifs (C(OH)–C–C–N with tert-alkyl or cyclic N) is 1. The number of aliphatic hydroxyl groups is 2. The number of anilines is 1. The van der Waals surface area contributed by atoms with Gasteiger partial charge in [0.15, 0.2) is 5.82 Å². The molecule has 3 saturated heterocycles. The van der Waals surface area contributed by atoms with Crippen molar-refractivity contribution in [2.24, 2.45) is 5.41 Å². The predicted octanol–water partition coefficient (Wildman–Crippen LogP) is 4.43. The van der Waals surface area contributed by atoms with Crippen LogP contribution in [0.15, 0.2) is 30.3 Å². The largest absolute Gasteiger partial charge is 0.508 e. The number of hydrogen-bond donors (Lipinski definition) is 3. The lowest BCUT2D eigenvalue weighted by molar-refractivity contribution is -0.241. The number of rotatable bonds is 7. The molecule has 4 aliphatic rings. The Morgan fingerprint density at radius 3 is 2.68 bits per heavy atom. The van der Waals surface area contributed by atoms with Gasteiger partial charge in [-0.25, -0.2) is 13.8 Å². The van der Waals surface area contributed by atoms with Crippen LogP contribution in [-0.4, -0.2) is 120 Å². The van der Waals surface area contributed by atoms with Crippen LogP contribution in [0.25, 0.3) is 32.9 Å². The van der Waals surface area contributed by atoms with Crippen molar-refractivity contribution in [3.63, 3.8) is 0 Å². The van der Waals surface area contributed by atoms with Crippen molar-refractivity contribution in [3.05, 3.63) is 42.0 Å². The molecule has 4 aromatic rings. The number of benzene rings is 2. The Kier molecular flexibility index (Phi) is 9.37. The first kappa shape index (κ1) is 36.1. The summed E-state index contributed by atoms with van der Waals surface area (Å²) in [5.74, 6) is -1.57. The first-order valence-corrected chi connectivity index (χ1v) is 18.4. The second-order valence-electron chi connectivity index (χ2n) is 15.1. The molecule has 12 nitrogen and oxygen atoms in total. The molecule has 3 aliphatic heterocycles. The standard InChI is InChI=1S/C38H44BF2N5O7/c1-22-18-37(39,11-14-52-22)46-12-5-9-36(8-4-10-38(36,46)49)21-53-35-43-32-29(33(44-35)45-13-15-51-20-25(48)19-45)34(50-2)42-31(30(32)41)26-17-24(47)16-23-6-3-7-27(40)28(23)26/h3,6-7,16-17,22,25,47-49H,4-5,8-15,18-21H2,1-2H3. The lowest BCUT2D eigenvalue weighted by Gasteiger charge is -2.60. The molecule has 1 saturated carbocycles. The van der Waals surface area contributed by atoms with E-state index < -0.39 is 34.3 Å². The van der Waals surface area contributed by atoms with E-state index in [0.717, 1.165) is 12.8 Å². The van der Waals surface area contributed by atoms with Crippen molar-refractivity contribution in [1.29, 1.82) is 0 Å². The summed E-state index contributed by atoms with van der Waals surface area (Å²) in [6, 6.07) is 6.86. The topological polar surface area (TPSA) is 143 Å². The van der Waals surface area contributed by atoms with Crippen molar-refractivity contribution in [3.8, 4) is 28.9 Å². The number of aromatic nitrogens is 3. The third-order valence-corrected chi connectivity index (χ3v) is 11.7. The smallest absolute Gasteiger partial charge is 0.319 e. The Morgan fingerprint density at radius 1 is 1.04 bits per heavy atom. The molecular weight excluding hydrogens is 687 g/mol. The van der Waals surface area contributed by atoms with Gasteiger partial charge in [0.25, 0.3) is 0 Å². The number of phenols is 1. The molecule has 280 valence electrons. The van der Waals surface area contributed by atoms with Crippen LogP contribution >= 0.6 is 0 Å². The zero-order chi connectivity index (χ0) is 37.1. The minimum absolute atomic E-state index is 0.00683. The molecule has 53 heavy (non-hydrogen) atoms. The maximum Gasteiger partial charge on any atom is 0.319 e.